The van der Waals surface area contributed by atoms with Gasteiger partial charge in [-0.2, -0.15) is 4.72 Å². The summed E-state index contributed by atoms with van der Waals surface area (Å²) in [4.78, 5) is 11.5. The van der Waals surface area contributed by atoms with E-state index in [9.17, 15) is 13.2 Å². The van der Waals surface area contributed by atoms with Gasteiger partial charge in [0.2, 0.25) is 13.8 Å². The fraction of sp³-hybridized carbons (Fsp3) is 0.300. The van der Waals surface area contributed by atoms with Gasteiger partial charge in [-0.25, -0.2) is 8.42 Å². The van der Waals surface area contributed by atoms with E-state index >= 15 is 0 Å². The Morgan fingerprint density at radius 3 is 2.16 bits per heavy atom. The highest BCUT2D eigenvalue weighted by Gasteiger charge is 2.40. The van der Waals surface area contributed by atoms with Crippen molar-refractivity contribution in [3.05, 3.63) is 30.3 Å². The molecular weight excluding hydrogens is 356 g/mol. The van der Waals surface area contributed by atoms with Crippen LogP contribution in [0.4, 0.5) is 0 Å². The first kappa shape index (κ1) is 17.0. The number of sulfonamides is 1. The number of carbonyl (C=O) groups excluding carboxylic acids is 1. The number of benzene rings is 1. The molecule has 1 atom stereocenters. The summed E-state index contributed by atoms with van der Waals surface area (Å²) in [5.74, 6) is -1.21. The van der Waals surface area contributed by atoms with E-state index in [0.29, 0.717) is 0 Å². The zero-order chi connectivity index (χ0) is 14.7. The van der Waals surface area contributed by atoms with Gasteiger partial charge in [0.15, 0.2) is 5.78 Å². The summed E-state index contributed by atoms with van der Waals surface area (Å²) >= 11 is 22.1. The smallest absolute Gasteiger partial charge is 0.241 e. The molecule has 0 saturated carbocycles. The minimum Gasteiger partial charge on any atom is -0.296 e. The number of hydrogen-bond donors (Lipinski definition) is 1. The van der Waals surface area contributed by atoms with E-state index in [2.05, 4.69) is 0 Å². The molecule has 0 heterocycles. The largest absolute Gasteiger partial charge is 0.296 e. The molecule has 9 heteroatoms. The van der Waals surface area contributed by atoms with Crippen molar-refractivity contribution in [2.45, 2.75) is 14.7 Å². The molecule has 0 saturated heterocycles. The number of ketones is 1. The number of halogens is 4. The zero-order valence-corrected chi connectivity index (χ0v) is 13.2. The third-order valence-corrected chi connectivity index (χ3v) is 4.46. The summed E-state index contributed by atoms with van der Waals surface area (Å²) < 4.78 is 24.0. The lowest BCUT2D eigenvalue weighted by Gasteiger charge is -2.23. The van der Waals surface area contributed by atoms with Gasteiger partial charge in [0.25, 0.3) is 0 Å². The third-order valence-electron chi connectivity index (χ3n) is 2.11. The average Bonchev–Trinajstić information content (AvgIpc) is 2.35. The SMILES string of the molecule is O=C(CCl)[C@@H](NS(=O)(=O)c1ccccc1)C(Cl)(Cl)Cl. The van der Waals surface area contributed by atoms with Gasteiger partial charge < -0.3 is 0 Å². The van der Waals surface area contributed by atoms with Crippen LogP contribution in [0, 0.1) is 0 Å². The van der Waals surface area contributed by atoms with Gasteiger partial charge in [-0.15, -0.1) is 11.6 Å². The molecule has 106 valence electrons. The van der Waals surface area contributed by atoms with Gasteiger partial charge in [-0.1, -0.05) is 53.0 Å². The molecule has 0 aliphatic rings. The molecule has 0 aliphatic heterocycles. The van der Waals surface area contributed by atoms with Crippen LogP contribution in [0.2, 0.25) is 0 Å². The summed E-state index contributed by atoms with van der Waals surface area (Å²) in [5, 5.41) is 0. The quantitative estimate of drug-likeness (QED) is 0.816. The van der Waals surface area contributed by atoms with Crippen molar-refractivity contribution in [2.24, 2.45) is 0 Å². The maximum atomic E-state index is 12.0. The van der Waals surface area contributed by atoms with Crippen LogP contribution in [0.15, 0.2) is 35.2 Å². The highest BCUT2D eigenvalue weighted by atomic mass is 35.6. The van der Waals surface area contributed by atoms with Crippen molar-refractivity contribution in [1.82, 2.24) is 4.72 Å². The Labute approximate surface area is 131 Å². The van der Waals surface area contributed by atoms with Crippen LogP contribution in [-0.2, 0) is 14.8 Å². The van der Waals surface area contributed by atoms with E-state index in [1.165, 1.54) is 24.3 Å². The Kier molecular flexibility index (Phi) is 5.92. The second-order valence-corrected chi connectivity index (χ2v) is 7.86. The fourth-order valence-electron chi connectivity index (χ4n) is 1.22. The van der Waals surface area contributed by atoms with Gasteiger partial charge in [-0.05, 0) is 12.1 Å². The van der Waals surface area contributed by atoms with Crippen LogP contribution >= 0.6 is 46.4 Å². The predicted octanol–water partition coefficient (Wildman–Crippen LogP) is 2.51. The summed E-state index contributed by atoms with van der Waals surface area (Å²) in [7, 11) is -3.98. The van der Waals surface area contributed by atoms with Crippen LogP contribution in [0.1, 0.15) is 0 Å². The molecule has 4 nitrogen and oxygen atoms in total. The monoisotopic (exact) mass is 363 g/mol. The van der Waals surface area contributed by atoms with E-state index in [1.54, 1.807) is 6.07 Å². The average molecular weight is 365 g/mol. The third kappa shape index (κ3) is 4.77. The molecule has 0 radical (unpaired) electrons. The summed E-state index contributed by atoms with van der Waals surface area (Å²) in [5.41, 5.74) is 0. The first-order valence-electron chi connectivity index (χ1n) is 4.91. The Hall–Kier alpha value is -0.0400. The van der Waals surface area contributed by atoms with Gasteiger partial charge in [-0.3, -0.25) is 4.79 Å². The molecule has 0 aromatic heterocycles. The zero-order valence-electron chi connectivity index (χ0n) is 9.32. The molecule has 1 N–H and O–H groups in total. The highest BCUT2D eigenvalue weighted by molar-refractivity contribution is 7.89. The van der Waals surface area contributed by atoms with E-state index in [0.717, 1.165) is 0 Å². The summed E-state index contributed by atoms with van der Waals surface area (Å²) in [6, 6.07) is 5.85. The van der Waals surface area contributed by atoms with Crippen LogP contribution in [0.25, 0.3) is 0 Å². The lowest BCUT2D eigenvalue weighted by Crippen LogP contribution is -2.49. The van der Waals surface area contributed by atoms with E-state index < -0.39 is 31.5 Å². The molecule has 0 aliphatic carbocycles. The van der Waals surface area contributed by atoms with Gasteiger partial charge in [0.05, 0.1) is 10.8 Å². The molecule has 0 bridgehead atoms. The normalized spacial score (nSPS) is 14.1. The number of Topliss-reactive ketones (excluding diaryl/α,β-unsaturated/α-hetero) is 1. The Morgan fingerprint density at radius 1 is 1.21 bits per heavy atom. The van der Waals surface area contributed by atoms with Crippen molar-refractivity contribution >= 4 is 62.2 Å². The van der Waals surface area contributed by atoms with E-state index in [4.69, 9.17) is 46.4 Å². The first-order valence-corrected chi connectivity index (χ1v) is 8.06. The summed E-state index contributed by atoms with van der Waals surface area (Å²) in [6.07, 6.45) is 0. The predicted molar refractivity (Wildman–Crippen MR) is 76.6 cm³/mol. The second-order valence-electron chi connectivity index (χ2n) is 3.51. The Balaban J connectivity index is 3.07. The molecular formula is C10H9Cl4NO3S. The highest BCUT2D eigenvalue weighted by Crippen LogP contribution is 2.32. The minimum absolute atomic E-state index is 0.0448. The van der Waals surface area contributed by atoms with Gasteiger partial charge >= 0.3 is 0 Å². The lowest BCUT2D eigenvalue weighted by molar-refractivity contribution is -0.118. The molecule has 0 unspecified atom stereocenters. The van der Waals surface area contributed by atoms with Crippen molar-refractivity contribution in [2.75, 3.05) is 5.88 Å². The summed E-state index contributed by atoms with van der Waals surface area (Å²) in [6.45, 7) is 0. The Bertz CT molecular complexity index is 542. The van der Waals surface area contributed by atoms with Crippen molar-refractivity contribution < 1.29 is 13.2 Å². The van der Waals surface area contributed by atoms with E-state index in [-0.39, 0.29) is 4.90 Å². The number of alkyl halides is 4. The minimum atomic E-state index is -3.98. The second kappa shape index (κ2) is 6.61. The standard InChI is InChI=1S/C10H9Cl4NO3S/c11-6-8(16)9(10(12,13)14)15-19(17,18)7-4-2-1-3-5-7/h1-5,9,15H,6H2/t9-/m1/s1. The molecule has 0 spiro atoms. The topological polar surface area (TPSA) is 63.2 Å². The van der Waals surface area contributed by atoms with Crippen molar-refractivity contribution in [1.29, 1.82) is 0 Å². The maximum absolute atomic E-state index is 12.0. The number of hydrogen-bond acceptors (Lipinski definition) is 3. The van der Waals surface area contributed by atoms with Crippen LogP contribution in [-0.4, -0.2) is 29.9 Å². The van der Waals surface area contributed by atoms with Gasteiger partial charge in [0, 0.05) is 0 Å². The van der Waals surface area contributed by atoms with Crippen LogP contribution in [0.3, 0.4) is 0 Å². The number of nitrogens with one attached hydrogen (secondary N) is 1. The number of rotatable bonds is 5. The Morgan fingerprint density at radius 2 is 1.74 bits per heavy atom. The molecule has 1 aromatic carbocycles. The van der Waals surface area contributed by atoms with Crippen LogP contribution < -0.4 is 4.72 Å². The lowest BCUT2D eigenvalue weighted by atomic mass is 10.2. The van der Waals surface area contributed by atoms with Gasteiger partial charge in [0.1, 0.15) is 6.04 Å². The maximum Gasteiger partial charge on any atom is 0.241 e. The number of carbonyl (C=O) groups is 1. The fourth-order valence-corrected chi connectivity index (χ4v) is 3.36. The molecule has 1 aromatic rings. The first-order chi connectivity index (χ1) is 8.68. The van der Waals surface area contributed by atoms with Crippen LogP contribution in [0.5, 0.6) is 0 Å². The molecule has 0 amide bonds. The molecule has 1 rings (SSSR count). The van der Waals surface area contributed by atoms with E-state index in [1.807, 2.05) is 4.72 Å². The molecule has 0 fully saturated rings. The molecule has 19 heavy (non-hydrogen) atoms. The van der Waals surface area contributed by atoms with Crippen molar-refractivity contribution in [3.8, 4) is 0 Å². The van der Waals surface area contributed by atoms with Crippen molar-refractivity contribution in [3.63, 3.8) is 0 Å².